The number of carbonyl (C=O) groups is 3. The van der Waals surface area contributed by atoms with Crippen LogP contribution in [0.3, 0.4) is 0 Å². The maximum absolute atomic E-state index is 13.9. The van der Waals surface area contributed by atoms with Crippen LogP contribution < -0.4 is 10.6 Å². The van der Waals surface area contributed by atoms with Crippen molar-refractivity contribution in [1.82, 2.24) is 10.6 Å². The molecule has 2 fully saturated rings. The van der Waals surface area contributed by atoms with Gasteiger partial charge in [0, 0.05) is 0 Å². The van der Waals surface area contributed by atoms with Crippen LogP contribution in [0.1, 0.15) is 57.1 Å². The second kappa shape index (κ2) is 12.5. The lowest BCUT2D eigenvalue weighted by Gasteiger charge is -2.33. The van der Waals surface area contributed by atoms with Gasteiger partial charge in [0.2, 0.25) is 0 Å². The molecule has 5 atom stereocenters. The molecule has 1 aliphatic carbocycles. The highest BCUT2D eigenvalue weighted by Gasteiger charge is 2.57. The van der Waals surface area contributed by atoms with E-state index in [0.717, 1.165) is 24.0 Å². The summed E-state index contributed by atoms with van der Waals surface area (Å²) in [5, 5.41) is 6.65. The zero-order valence-electron chi connectivity index (χ0n) is 21.8. The smallest absolute Gasteiger partial charge is 0.323 e. The van der Waals surface area contributed by atoms with E-state index in [2.05, 4.69) is 10.6 Å². The first kappa shape index (κ1) is 27.0. The van der Waals surface area contributed by atoms with Crippen LogP contribution in [-0.4, -0.2) is 48.0 Å². The van der Waals surface area contributed by atoms with E-state index in [4.69, 9.17) is 9.47 Å². The summed E-state index contributed by atoms with van der Waals surface area (Å²) in [4.78, 5) is 39.5. The van der Waals surface area contributed by atoms with Gasteiger partial charge in [-0.05, 0) is 63.0 Å². The predicted molar refractivity (Wildman–Crippen MR) is 141 cm³/mol. The summed E-state index contributed by atoms with van der Waals surface area (Å²) >= 11 is 0. The van der Waals surface area contributed by atoms with Gasteiger partial charge in [-0.2, -0.15) is 0 Å². The second-order valence-electron chi connectivity index (χ2n) is 10.2. The van der Waals surface area contributed by atoms with Gasteiger partial charge >= 0.3 is 11.9 Å². The number of aryl methyl sites for hydroxylation is 1. The van der Waals surface area contributed by atoms with E-state index < -0.39 is 23.7 Å². The number of fused-ring (bicyclic) bond motifs is 1. The van der Waals surface area contributed by atoms with Gasteiger partial charge < -0.3 is 9.47 Å². The van der Waals surface area contributed by atoms with Crippen molar-refractivity contribution in [2.24, 2.45) is 5.92 Å². The molecule has 1 unspecified atom stereocenters. The van der Waals surface area contributed by atoms with Gasteiger partial charge in [0.25, 0.3) is 0 Å². The molecule has 37 heavy (non-hydrogen) atoms. The van der Waals surface area contributed by atoms with Crippen molar-refractivity contribution in [1.29, 1.82) is 0 Å². The summed E-state index contributed by atoms with van der Waals surface area (Å²) in [6, 6.07) is 17.9. The molecule has 1 heterocycles. The molecule has 1 saturated carbocycles. The van der Waals surface area contributed by atoms with Crippen LogP contribution in [-0.2, 0) is 36.9 Å². The number of Topliss-reactive ketones (excluding diaryl/α,β-unsaturated/α-hetero) is 1. The van der Waals surface area contributed by atoms with Crippen molar-refractivity contribution in [2.75, 3.05) is 6.61 Å². The molecule has 4 rings (SSSR count). The molecule has 198 valence electrons. The maximum atomic E-state index is 13.9. The van der Waals surface area contributed by atoms with Crippen LogP contribution in [0.25, 0.3) is 0 Å². The minimum atomic E-state index is -0.776. The number of hydrogen-bond donors (Lipinski definition) is 2. The van der Waals surface area contributed by atoms with Crippen LogP contribution in [0, 0.1) is 5.92 Å². The monoisotopic (exact) mass is 506 g/mol. The van der Waals surface area contributed by atoms with Crippen molar-refractivity contribution in [3.05, 3.63) is 71.8 Å². The average molecular weight is 507 g/mol. The lowest BCUT2D eigenvalue weighted by molar-refractivity contribution is -0.147. The summed E-state index contributed by atoms with van der Waals surface area (Å²) in [6.07, 6.45) is 4.30. The number of ether oxygens (including phenoxy) is 2. The number of carbonyl (C=O) groups excluding carboxylic acids is 3. The Hall–Kier alpha value is -3.03. The number of rotatable bonds is 12. The fourth-order valence-electron chi connectivity index (χ4n) is 5.85. The number of nitrogens with one attached hydrogen (secondary N) is 2. The van der Waals surface area contributed by atoms with Crippen LogP contribution in [0.15, 0.2) is 60.7 Å². The van der Waals surface area contributed by atoms with E-state index in [-0.39, 0.29) is 36.9 Å². The lowest BCUT2D eigenvalue weighted by atomic mass is 9.81. The van der Waals surface area contributed by atoms with E-state index in [1.165, 1.54) is 0 Å². The maximum Gasteiger partial charge on any atom is 0.323 e. The van der Waals surface area contributed by atoms with E-state index in [0.29, 0.717) is 25.7 Å². The van der Waals surface area contributed by atoms with Gasteiger partial charge in [-0.3, -0.25) is 25.0 Å². The summed E-state index contributed by atoms with van der Waals surface area (Å²) in [5.41, 5.74) is 1.28. The van der Waals surface area contributed by atoms with Gasteiger partial charge in [-0.25, -0.2) is 0 Å². The first-order valence-corrected chi connectivity index (χ1v) is 13.4. The molecule has 7 nitrogen and oxygen atoms in total. The van der Waals surface area contributed by atoms with E-state index in [1.807, 2.05) is 67.6 Å². The van der Waals surface area contributed by atoms with Gasteiger partial charge in [0.05, 0.1) is 18.2 Å². The molecular weight excluding hydrogens is 468 g/mol. The molecule has 0 radical (unpaired) electrons. The van der Waals surface area contributed by atoms with Crippen molar-refractivity contribution < 1.29 is 23.9 Å². The Labute approximate surface area is 219 Å². The third-order valence-electron chi connectivity index (χ3n) is 7.70. The molecule has 1 saturated heterocycles. The summed E-state index contributed by atoms with van der Waals surface area (Å²) in [5.74, 6) is -0.593. The fraction of sp³-hybridized carbons (Fsp3) is 0.500. The summed E-state index contributed by atoms with van der Waals surface area (Å²) in [6.45, 7) is 4.08. The minimum absolute atomic E-state index is 0.00219. The minimum Gasteiger partial charge on any atom is -0.465 e. The molecular formula is C30H38N2O5. The Balaban J connectivity index is 1.39. The molecule has 0 spiro atoms. The Kier molecular flexibility index (Phi) is 9.11. The second-order valence-corrected chi connectivity index (χ2v) is 10.2. The highest BCUT2D eigenvalue weighted by atomic mass is 16.5. The largest absolute Gasteiger partial charge is 0.465 e. The number of esters is 2. The SMILES string of the molecule is CCOC(=O)C(CCc1ccccc1)N[C@@H](C)C(=O)[C@]12CCC[C@H]1C[C@@H](C(=O)OCc1ccccc1)N2. The van der Waals surface area contributed by atoms with Gasteiger partial charge in [0.15, 0.2) is 5.78 Å². The number of hydrogen-bond acceptors (Lipinski definition) is 7. The van der Waals surface area contributed by atoms with Gasteiger partial charge in [-0.15, -0.1) is 0 Å². The Bertz CT molecular complexity index is 1060. The highest BCUT2D eigenvalue weighted by molar-refractivity contribution is 5.95. The molecule has 2 aliphatic rings. The van der Waals surface area contributed by atoms with Crippen molar-refractivity contribution in [3.8, 4) is 0 Å². The first-order valence-electron chi connectivity index (χ1n) is 13.4. The van der Waals surface area contributed by atoms with Crippen LogP contribution in [0.2, 0.25) is 0 Å². The summed E-state index contributed by atoms with van der Waals surface area (Å²) in [7, 11) is 0. The molecule has 0 amide bonds. The van der Waals surface area contributed by atoms with Gasteiger partial charge in [-0.1, -0.05) is 67.1 Å². The Morgan fingerprint density at radius 3 is 2.38 bits per heavy atom. The van der Waals surface area contributed by atoms with Crippen LogP contribution in [0.5, 0.6) is 0 Å². The average Bonchev–Trinajstić information content (AvgIpc) is 3.49. The van der Waals surface area contributed by atoms with Crippen molar-refractivity contribution in [3.63, 3.8) is 0 Å². The zero-order chi connectivity index (χ0) is 26.3. The molecule has 7 heteroatoms. The Morgan fingerprint density at radius 2 is 1.70 bits per heavy atom. The fourth-order valence-corrected chi connectivity index (χ4v) is 5.85. The van der Waals surface area contributed by atoms with E-state index in [9.17, 15) is 14.4 Å². The topological polar surface area (TPSA) is 93.7 Å². The normalized spacial score (nSPS) is 24.2. The van der Waals surface area contributed by atoms with Crippen LogP contribution >= 0.6 is 0 Å². The molecule has 0 bridgehead atoms. The molecule has 1 aliphatic heterocycles. The molecule has 2 aromatic carbocycles. The third-order valence-corrected chi connectivity index (χ3v) is 7.70. The molecule has 2 N–H and O–H groups in total. The van der Waals surface area contributed by atoms with E-state index in [1.54, 1.807) is 6.92 Å². The first-order chi connectivity index (χ1) is 17.9. The third kappa shape index (κ3) is 6.46. The van der Waals surface area contributed by atoms with Gasteiger partial charge in [0.1, 0.15) is 18.7 Å². The standard InChI is InChI=1S/C30H38N2O5/c1-3-36-28(34)25(17-16-22-11-6-4-7-12-22)31-21(2)27(33)30-18-10-15-24(30)19-26(32-30)29(35)37-20-23-13-8-5-9-14-23/h4-9,11-14,21,24-26,31-32H,3,10,15-20H2,1-2H3/t21-,24-,25?,26-,30-/m0/s1. The van der Waals surface area contributed by atoms with Crippen molar-refractivity contribution in [2.45, 2.75) is 82.6 Å². The van der Waals surface area contributed by atoms with Crippen molar-refractivity contribution >= 4 is 17.7 Å². The molecule has 0 aromatic heterocycles. The molecule has 2 aromatic rings. The quantitative estimate of drug-likeness (QED) is 0.424. The van der Waals surface area contributed by atoms with Crippen LogP contribution in [0.4, 0.5) is 0 Å². The summed E-state index contributed by atoms with van der Waals surface area (Å²) < 4.78 is 10.9. The number of benzene rings is 2. The lowest BCUT2D eigenvalue weighted by Crippen LogP contribution is -2.60. The zero-order valence-corrected chi connectivity index (χ0v) is 21.8. The van der Waals surface area contributed by atoms with E-state index >= 15 is 0 Å². The predicted octanol–water partition coefficient (Wildman–Crippen LogP) is 3.74. The number of ketones is 1. The Morgan fingerprint density at radius 1 is 1.03 bits per heavy atom. The highest BCUT2D eigenvalue weighted by Crippen LogP contribution is 2.45.